The summed E-state index contributed by atoms with van der Waals surface area (Å²) in [4.78, 5) is 9.37. The fraction of sp³-hybridized carbons (Fsp3) is 0.125. The van der Waals surface area contributed by atoms with Crippen molar-refractivity contribution in [2.75, 3.05) is 0 Å². The zero-order valence-corrected chi connectivity index (χ0v) is 8.34. The van der Waals surface area contributed by atoms with Gasteiger partial charge in [-0.05, 0) is 18.2 Å². The topological polar surface area (TPSA) is 71.4 Å². The summed E-state index contributed by atoms with van der Waals surface area (Å²) in [6.07, 6.45) is 0. The Balaban J connectivity index is 3.36. The molecule has 0 aliphatic heterocycles. The van der Waals surface area contributed by atoms with Crippen LogP contribution in [0.15, 0.2) is 29.2 Å². The van der Waals surface area contributed by atoms with Gasteiger partial charge in [0.1, 0.15) is 0 Å². The van der Waals surface area contributed by atoms with Crippen molar-refractivity contribution in [1.82, 2.24) is 0 Å². The van der Waals surface area contributed by atoms with Gasteiger partial charge in [0.25, 0.3) is 9.84 Å². The number of hydrogen-bond donors (Lipinski definition) is 1. The molecule has 0 aliphatic carbocycles. The summed E-state index contributed by atoms with van der Waals surface area (Å²) < 4.78 is 58.2. The van der Waals surface area contributed by atoms with Crippen LogP contribution in [0.25, 0.3) is 0 Å². The van der Waals surface area contributed by atoms with E-state index in [2.05, 4.69) is 0 Å². The third kappa shape index (κ3) is 2.16. The van der Waals surface area contributed by atoms with Crippen molar-refractivity contribution in [3.8, 4) is 0 Å². The largest absolute Gasteiger partial charge is 0.501 e. The zero-order valence-electron chi connectivity index (χ0n) is 7.52. The van der Waals surface area contributed by atoms with E-state index in [-0.39, 0.29) is 0 Å². The molecule has 0 fully saturated rings. The number of hydrogen-bond acceptors (Lipinski definition) is 3. The molecule has 1 rings (SSSR count). The number of carboxylic acids is 1. The van der Waals surface area contributed by atoms with Gasteiger partial charge >= 0.3 is 11.5 Å². The van der Waals surface area contributed by atoms with Crippen LogP contribution in [-0.4, -0.2) is 25.0 Å². The molecule has 0 radical (unpaired) electrons. The van der Waals surface area contributed by atoms with Gasteiger partial charge in [-0.2, -0.15) is 13.2 Å². The number of carboxylic acid groups (broad SMARTS) is 1. The van der Waals surface area contributed by atoms with Gasteiger partial charge < -0.3 is 5.11 Å². The number of sulfone groups is 1. The second-order valence-corrected chi connectivity index (χ2v) is 4.72. The molecule has 0 aliphatic rings. The molecule has 0 bridgehead atoms. The van der Waals surface area contributed by atoms with Gasteiger partial charge in [-0.1, -0.05) is 6.07 Å². The molecule has 88 valence electrons. The number of carbonyl (C=O) groups is 1. The first-order valence-corrected chi connectivity index (χ1v) is 5.29. The van der Waals surface area contributed by atoms with Crippen LogP contribution in [-0.2, 0) is 9.84 Å². The predicted molar refractivity (Wildman–Crippen MR) is 46.6 cm³/mol. The smallest absolute Gasteiger partial charge is 0.478 e. The Morgan fingerprint density at radius 3 is 2.25 bits per heavy atom. The van der Waals surface area contributed by atoms with Crippen LogP contribution in [0.3, 0.4) is 0 Å². The molecule has 16 heavy (non-hydrogen) atoms. The molecule has 0 heterocycles. The normalized spacial score (nSPS) is 12.4. The second-order valence-electron chi connectivity index (χ2n) is 2.78. The van der Waals surface area contributed by atoms with Gasteiger partial charge in [0, 0.05) is 0 Å². The van der Waals surface area contributed by atoms with Crippen LogP contribution in [0.5, 0.6) is 0 Å². The van der Waals surface area contributed by atoms with E-state index in [9.17, 15) is 26.4 Å². The lowest BCUT2D eigenvalue weighted by molar-refractivity contribution is -0.0436. The van der Waals surface area contributed by atoms with E-state index in [1.807, 2.05) is 0 Å². The van der Waals surface area contributed by atoms with Gasteiger partial charge in [0.15, 0.2) is 0 Å². The maximum absolute atomic E-state index is 12.1. The second kappa shape index (κ2) is 3.78. The van der Waals surface area contributed by atoms with Crippen molar-refractivity contribution < 1.29 is 31.5 Å². The summed E-state index contributed by atoms with van der Waals surface area (Å²) in [7, 11) is -5.50. The summed E-state index contributed by atoms with van der Waals surface area (Å²) in [6, 6.07) is 3.08. The van der Waals surface area contributed by atoms with E-state index in [0.29, 0.717) is 12.1 Å². The van der Waals surface area contributed by atoms with Gasteiger partial charge in [0.05, 0.1) is 10.5 Å². The van der Waals surface area contributed by atoms with Crippen molar-refractivity contribution in [1.29, 1.82) is 0 Å². The molecule has 0 aromatic heterocycles. The highest BCUT2D eigenvalue weighted by atomic mass is 32.2. The Bertz CT molecular complexity index is 518. The van der Waals surface area contributed by atoms with Crippen LogP contribution >= 0.6 is 0 Å². The average Bonchev–Trinajstić information content (AvgIpc) is 2.16. The first-order chi connectivity index (χ1) is 7.16. The summed E-state index contributed by atoms with van der Waals surface area (Å²) in [5.41, 5.74) is -5.96. The third-order valence-corrected chi connectivity index (χ3v) is 3.18. The first kappa shape index (κ1) is 12.5. The van der Waals surface area contributed by atoms with Gasteiger partial charge in [-0.3, -0.25) is 0 Å². The summed E-state index contributed by atoms with van der Waals surface area (Å²) in [6.45, 7) is 0. The molecule has 0 spiro atoms. The molecule has 4 nitrogen and oxygen atoms in total. The van der Waals surface area contributed by atoms with Crippen LogP contribution in [0.1, 0.15) is 10.4 Å². The van der Waals surface area contributed by atoms with E-state index in [0.717, 1.165) is 12.1 Å². The fourth-order valence-electron chi connectivity index (χ4n) is 0.930. The number of rotatable bonds is 2. The number of benzene rings is 1. The Hall–Kier alpha value is -1.57. The minimum absolute atomic E-state index is 0.463. The molecule has 0 saturated carbocycles. The fourth-order valence-corrected chi connectivity index (χ4v) is 1.74. The molecule has 8 heteroatoms. The average molecular weight is 254 g/mol. The highest BCUT2D eigenvalue weighted by Gasteiger charge is 2.46. The lowest BCUT2D eigenvalue weighted by Gasteiger charge is -2.08. The molecule has 0 amide bonds. The molecule has 0 atom stereocenters. The van der Waals surface area contributed by atoms with Gasteiger partial charge in [0.2, 0.25) is 0 Å². The summed E-state index contributed by atoms with van der Waals surface area (Å²) >= 11 is 0. The van der Waals surface area contributed by atoms with E-state index in [4.69, 9.17) is 5.11 Å². The number of halogens is 3. The minimum Gasteiger partial charge on any atom is -0.478 e. The molecule has 1 aromatic carbocycles. The molecule has 1 N–H and O–H groups in total. The zero-order chi connectivity index (χ0) is 12.6. The molecule has 1 aromatic rings. The van der Waals surface area contributed by atoms with Crippen LogP contribution in [0.4, 0.5) is 13.2 Å². The quantitative estimate of drug-likeness (QED) is 0.871. The van der Waals surface area contributed by atoms with Crippen molar-refractivity contribution in [3.05, 3.63) is 29.8 Å². The van der Waals surface area contributed by atoms with Crippen LogP contribution in [0, 0.1) is 0 Å². The standard InChI is InChI=1S/C8H5F3O4S/c9-8(10,11)16(14,15)6-3-1-2-5(4-6)7(12)13/h1-4H,(H,12,13). The third-order valence-electron chi connectivity index (χ3n) is 1.70. The summed E-state index contributed by atoms with van der Waals surface area (Å²) in [5.74, 6) is -1.50. The molecular formula is C8H5F3O4S. The maximum atomic E-state index is 12.1. The molecule has 0 saturated heterocycles. The Labute approximate surface area is 88.2 Å². The Morgan fingerprint density at radius 2 is 1.81 bits per heavy atom. The lowest BCUT2D eigenvalue weighted by atomic mass is 10.2. The highest BCUT2D eigenvalue weighted by Crippen LogP contribution is 2.30. The van der Waals surface area contributed by atoms with E-state index < -0.39 is 31.8 Å². The minimum atomic E-state index is -5.50. The monoisotopic (exact) mass is 254 g/mol. The van der Waals surface area contributed by atoms with E-state index in [1.165, 1.54) is 0 Å². The Kier molecular flexibility index (Phi) is 2.95. The van der Waals surface area contributed by atoms with Crippen LogP contribution < -0.4 is 0 Å². The highest BCUT2D eigenvalue weighted by molar-refractivity contribution is 7.92. The molecule has 0 unspecified atom stereocenters. The first-order valence-electron chi connectivity index (χ1n) is 3.81. The summed E-state index contributed by atoms with van der Waals surface area (Å²) in [5, 5.41) is 8.50. The van der Waals surface area contributed by atoms with E-state index >= 15 is 0 Å². The van der Waals surface area contributed by atoms with Crippen molar-refractivity contribution in [2.24, 2.45) is 0 Å². The number of aromatic carboxylic acids is 1. The van der Waals surface area contributed by atoms with E-state index in [1.54, 1.807) is 0 Å². The van der Waals surface area contributed by atoms with Crippen LogP contribution in [0.2, 0.25) is 0 Å². The van der Waals surface area contributed by atoms with Crippen molar-refractivity contribution in [3.63, 3.8) is 0 Å². The van der Waals surface area contributed by atoms with Gasteiger partial charge in [-0.25, -0.2) is 13.2 Å². The molecular weight excluding hydrogens is 249 g/mol. The number of alkyl halides is 3. The maximum Gasteiger partial charge on any atom is 0.501 e. The lowest BCUT2D eigenvalue weighted by Crippen LogP contribution is -2.23. The Morgan fingerprint density at radius 1 is 1.25 bits per heavy atom. The predicted octanol–water partition coefficient (Wildman–Crippen LogP) is 1.68. The van der Waals surface area contributed by atoms with Gasteiger partial charge in [-0.15, -0.1) is 0 Å². The SMILES string of the molecule is O=C(O)c1cccc(S(=O)(=O)C(F)(F)F)c1. The van der Waals surface area contributed by atoms with Crippen molar-refractivity contribution >= 4 is 15.8 Å². The van der Waals surface area contributed by atoms with Crippen molar-refractivity contribution in [2.45, 2.75) is 10.4 Å².